The van der Waals surface area contributed by atoms with Crippen LogP contribution in [0.4, 0.5) is 5.13 Å². The predicted octanol–water partition coefficient (Wildman–Crippen LogP) is 2.66. The molecule has 0 bridgehead atoms. The molecule has 0 spiro atoms. The van der Waals surface area contributed by atoms with Gasteiger partial charge in [0.05, 0.1) is 32.4 Å². The van der Waals surface area contributed by atoms with Crippen LogP contribution < -0.4 is 9.64 Å². The molecule has 8 heteroatoms. The van der Waals surface area contributed by atoms with Gasteiger partial charge in [0.15, 0.2) is 5.13 Å². The summed E-state index contributed by atoms with van der Waals surface area (Å²) in [4.78, 5) is 29.0. The molecule has 0 aliphatic heterocycles. The molecule has 1 aromatic heterocycles. The molecule has 7 nitrogen and oxygen atoms in total. The van der Waals surface area contributed by atoms with Crippen molar-refractivity contribution in [1.82, 2.24) is 4.98 Å². The lowest BCUT2D eigenvalue weighted by Crippen LogP contribution is -2.34. The number of benzene rings is 1. The second-order valence-corrected chi connectivity index (χ2v) is 6.01. The van der Waals surface area contributed by atoms with Crippen molar-refractivity contribution in [2.24, 2.45) is 0 Å². The van der Waals surface area contributed by atoms with Crippen molar-refractivity contribution in [3.05, 3.63) is 29.6 Å². The first-order chi connectivity index (χ1) is 12.0. The van der Waals surface area contributed by atoms with Crippen molar-refractivity contribution in [2.45, 2.75) is 12.8 Å². The highest BCUT2D eigenvalue weighted by molar-refractivity contribution is 7.14. The van der Waals surface area contributed by atoms with Crippen LogP contribution in [0.15, 0.2) is 29.6 Å². The van der Waals surface area contributed by atoms with Gasteiger partial charge in [-0.05, 0) is 24.3 Å². The minimum Gasteiger partial charge on any atom is -0.497 e. The number of carbonyl (C=O) groups is 2. The van der Waals surface area contributed by atoms with Crippen molar-refractivity contribution in [1.29, 1.82) is 0 Å². The fourth-order valence-corrected chi connectivity index (χ4v) is 3.02. The first-order valence-electron chi connectivity index (χ1n) is 7.66. The zero-order chi connectivity index (χ0) is 18.2. The van der Waals surface area contributed by atoms with Crippen LogP contribution in [0.2, 0.25) is 0 Å². The number of carboxylic acid groups (broad SMARTS) is 1. The third kappa shape index (κ3) is 5.27. The molecular weight excluding hydrogens is 344 g/mol. The van der Waals surface area contributed by atoms with Crippen LogP contribution in [-0.4, -0.2) is 49.3 Å². The molecular formula is C17H20N2O5S. The lowest BCUT2D eigenvalue weighted by atomic mass is 10.2. The first-order valence-corrected chi connectivity index (χ1v) is 8.54. The maximum atomic E-state index is 12.3. The Hall–Kier alpha value is -2.45. The number of rotatable bonds is 9. The van der Waals surface area contributed by atoms with E-state index in [0.717, 1.165) is 17.0 Å². The van der Waals surface area contributed by atoms with Gasteiger partial charge in [-0.25, -0.2) is 4.98 Å². The van der Waals surface area contributed by atoms with E-state index in [0.29, 0.717) is 18.3 Å². The monoisotopic (exact) mass is 364 g/mol. The van der Waals surface area contributed by atoms with Crippen molar-refractivity contribution >= 4 is 28.3 Å². The van der Waals surface area contributed by atoms with Gasteiger partial charge in [0.25, 0.3) is 0 Å². The lowest BCUT2D eigenvalue weighted by Gasteiger charge is -2.19. The SMILES string of the molecule is COCCN(C(=O)CCC(=O)O)c1nc(-c2ccc(OC)cc2)cs1. The summed E-state index contributed by atoms with van der Waals surface area (Å²) in [6.07, 6.45) is -0.282. The van der Waals surface area contributed by atoms with Crippen LogP contribution >= 0.6 is 11.3 Å². The quantitative estimate of drug-likeness (QED) is 0.736. The predicted molar refractivity (Wildman–Crippen MR) is 95.2 cm³/mol. The van der Waals surface area contributed by atoms with Crippen molar-refractivity contribution in [3.8, 4) is 17.0 Å². The van der Waals surface area contributed by atoms with Crippen LogP contribution in [0.5, 0.6) is 5.75 Å². The fraction of sp³-hybridized carbons (Fsp3) is 0.353. The molecule has 1 aromatic carbocycles. The smallest absolute Gasteiger partial charge is 0.303 e. The Labute approximate surface area is 149 Å². The average Bonchev–Trinajstić information content (AvgIpc) is 3.10. The zero-order valence-corrected chi connectivity index (χ0v) is 14.9. The maximum Gasteiger partial charge on any atom is 0.303 e. The lowest BCUT2D eigenvalue weighted by molar-refractivity contribution is -0.138. The highest BCUT2D eigenvalue weighted by Gasteiger charge is 2.20. The Morgan fingerprint density at radius 3 is 2.52 bits per heavy atom. The minimum absolute atomic E-state index is 0.0729. The number of aromatic nitrogens is 1. The Kier molecular flexibility index (Phi) is 6.91. The van der Waals surface area contributed by atoms with Gasteiger partial charge in [-0.2, -0.15) is 0 Å². The number of carbonyl (C=O) groups excluding carboxylic acids is 1. The average molecular weight is 364 g/mol. The third-order valence-corrected chi connectivity index (χ3v) is 4.35. The minimum atomic E-state index is -1.00. The van der Waals surface area contributed by atoms with Crippen molar-refractivity contribution < 1.29 is 24.2 Å². The summed E-state index contributed by atoms with van der Waals surface area (Å²) >= 11 is 1.34. The normalized spacial score (nSPS) is 10.5. The van der Waals surface area contributed by atoms with E-state index in [9.17, 15) is 9.59 Å². The van der Waals surface area contributed by atoms with E-state index >= 15 is 0 Å². The molecule has 0 unspecified atom stereocenters. The number of hydrogen-bond donors (Lipinski definition) is 1. The van der Waals surface area contributed by atoms with Gasteiger partial charge in [0, 0.05) is 24.5 Å². The number of ether oxygens (including phenoxy) is 2. The summed E-state index contributed by atoms with van der Waals surface area (Å²) in [5, 5.41) is 11.2. The molecule has 2 aromatic rings. The molecule has 1 amide bonds. The van der Waals surface area contributed by atoms with Gasteiger partial charge in [0.1, 0.15) is 5.75 Å². The highest BCUT2D eigenvalue weighted by Crippen LogP contribution is 2.29. The second-order valence-electron chi connectivity index (χ2n) is 5.18. The summed E-state index contributed by atoms with van der Waals surface area (Å²) < 4.78 is 10.2. The van der Waals surface area contributed by atoms with E-state index in [1.54, 1.807) is 14.2 Å². The van der Waals surface area contributed by atoms with Gasteiger partial charge < -0.3 is 14.6 Å². The molecule has 0 saturated heterocycles. The highest BCUT2D eigenvalue weighted by atomic mass is 32.1. The van der Waals surface area contributed by atoms with Crippen LogP contribution in [0.25, 0.3) is 11.3 Å². The van der Waals surface area contributed by atoms with E-state index in [2.05, 4.69) is 4.98 Å². The molecule has 25 heavy (non-hydrogen) atoms. The van der Waals surface area contributed by atoms with Gasteiger partial charge in [0.2, 0.25) is 5.91 Å². The van der Waals surface area contributed by atoms with Gasteiger partial charge in [-0.1, -0.05) is 0 Å². The van der Waals surface area contributed by atoms with E-state index in [-0.39, 0.29) is 18.7 Å². The summed E-state index contributed by atoms with van der Waals surface area (Å²) in [5.41, 5.74) is 1.66. The fourth-order valence-electron chi connectivity index (χ4n) is 2.14. The maximum absolute atomic E-state index is 12.3. The molecule has 0 saturated carbocycles. The largest absolute Gasteiger partial charge is 0.497 e. The number of hydrogen-bond acceptors (Lipinski definition) is 6. The van der Waals surface area contributed by atoms with E-state index < -0.39 is 5.97 Å². The van der Waals surface area contributed by atoms with Crippen LogP contribution in [0.3, 0.4) is 0 Å². The molecule has 0 radical (unpaired) electrons. The summed E-state index contributed by atoms with van der Waals surface area (Å²) in [6, 6.07) is 7.47. The molecule has 0 fully saturated rings. The molecule has 0 aliphatic rings. The second kappa shape index (κ2) is 9.14. The molecule has 134 valence electrons. The van der Waals surface area contributed by atoms with Crippen LogP contribution in [-0.2, 0) is 14.3 Å². The van der Waals surface area contributed by atoms with E-state index in [1.165, 1.54) is 16.2 Å². The van der Waals surface area contributed by atoms with Crippen molar-refractivity contribution in [3.63, 3.8) is 0 Å². The van der Waals surface area contributed by atoms with Gasteiger partial charge in [-0.15, -0.1) is 11.3 Å². The Morgan fingerprint density at radius 2 is 1.92 bits per heavy atom. The van der Waals surface area contributed by atoms with Gasteiger partial charge in [-0.3, -0.25) is 14.5 Å². The van der Waals surface area contributed by atoms with Crippen LogP contribution in [0, 0.1) is 0 Å². The summed E-state index contributed by atoms with van der Waals surface area (Å²) in [6.45, 7) is 0.667. The summed E-state index contributed by atoms with van der Waals surface area (Å²) in [5.74, 6) is -0.530. The topological polar surface area (TPSA) is 89.0 Å². The Balaban J connectivity index is 2.18. The number of aliphatic carboxylic acids is 1. The van der Waals surface area contributed by atoms with E-state index in [1.807, 2.05) is 29.6 Å². The number of thiazole rings is 1. The molecule has 1 N–H and O–H groups in total. The number of anilines is 1. The van der Waals surface area contributed by atoms with Gasteiger partial charge >= 0.3 is 5.97 Å². The molecule has 2 rings (SSSR count). The molecule has 0 aliphatic carbocycles. The van der Waals surface area contributed by atoms with Crippen molar-refractivity contribution in [2.75, 3.05) is 32.3 Å². The standard InChI is InChI=1S/C17H20N2O5S/c1-23-10-9-19(15(20)7-8-16(21)22)17-18-14(11-25-17)12-3-5-13(24-2)6-4-12/h3-6,11H,7-10H2,1-2H3,(H,21,22). The summed E-state index contributed by atoms with van der Waals surface area (Å²) in [7, 11) is 3.15. The zero-order valence-electron chi connectivity index (χ0n) is 14.1. The first kappa shape index (κ1) is 18.9. The Bertz CT molecular complexity index is 714. The number of methoxy groups -OCH3 is 2. The molecule has 0 atom stereocenters. The Morgan fingerprint density at radius 1 is 1.20 bits per heavy atom. The van der Waals surface area contributed by atoms with E-state index in [4.69, 9.17) is 14.6 Å². The third-order valence-electron chi connectivity index (χ3n) is 3.48. The molecule has 1 heterocycles. The number of nitrogens with zero attached hydrogens (tertiary/aromatic N) is 2. The van der Waals surface area contributed by atoms with Crippen LogP contribution in [0.1, 0.15) is 12.8 Å². The number of carboxylic acids is 1. The number of amides is 1.